The Bertz CT molecular complexity index is 1590. The lowest BCUT2D eigenvalue weighted by Gasteiger charge is -2.13. The lowest BCUT2D eigenvalue weighted by molar-refractivity contribution is -0.385. The number of benzene rings is 3. The Balaban J connectivity index is 1.53. The van der Waals surface area contributed by atoms with Crippen molar-refractivity contribution < 1.29 is 22.9 Å². The molecule has 4 rings (SSSR count). The summed E-state index contributed by atoms with van der Waals surface area (Å²) in [6.07, 6.45) is 0.539. The number of sulfonamides is 1. The van der Waals surface area contributed by atoms with Gasteiger partial charge in [-0.2, -0.15) is 0 Å². The molecule has 0 unspecified atom stereocenters. The lowest BCUT2D eigenvalue weighted by atomic mass is 10.1. The molecule has 0 radical (unpaired) electrons. The molecule has 0 aliphatic heterocycles. The lowest BCUT2D eigenvalue weighted by Crippen LogP contribution is -2.32. The number of amides is 1. The summed E-state index contributed by atoms with van der Waals surface area (Å²) in [6, 6.07) is 17.2. The molecule has 0 fully saturated rings. The fourth-order valence-corrected chi connectivity index (χ4v) is 5.15. The normalized spacial score (nSPS) is 11.4. The number of aromatic nitrogens is 1. The summed E-state index contributed by atoms with van der Waals surface area (Å²) < 4.78 is 35.3. The van der Waals surface area contributed by atoms with E-state index >= 15 is 0 Å². The van der Waals surface area contributed by atoms with Crippen LogP contribution in [0.1, 0.15) is 28.0 Å². The molecule has 0 saturated carbocycles. The highest BCUT2D eigenvalue weighted by Gasteiger charge is 2.24. The molecule has 1 N–H and O–H groups in total. The molecule has 0 saturated heterocycles. The third kappa shape index (κ3) is 5.76. The average molecular weight is 542 g/mol. The number of aryl methyl sites for hydroxylation is 3. The summed E-state index contributed by atoms with van der Waals surface area (Å²) in [5.74, 6) is -0.148. The van der Waals surface area contributed by atoms with Gasteiger partial charge in [-0.15, -0.1) is 0 Å². The minimum atomic E-state index is -4.34. The quantitative estimate of drug-likeness (QED) is 0.172. The number of nitrogens with one attached hydrogen (secondary N) is 1. The molecule has 1 heterocycles. The van der Waals surface area contributed by atoms with Crippen LogP contribution in [0.2, 0.25) is 5.02 Å². The fraction of sp³-hybridized carbons (Fsp3) is 0.192. The standard InChI is InChI=1S/C26H24ClN3O6S/c1-17-13-21(14-18(2)25(17)27)36-12-6-11-29-23-10-4-3-7-19(23)15-24(29)26(31)28-37(34,35)22-9-5-8-20(16-22)30(32)33/h3-5,7-10,13-16H,6,11-12H2,1-2H3,(H,28,31). The highest BCUT2D eigenvalue weighted by atomic mass is 35.5. The predicted octanol–water partition coefficient (Wildman–Crippen LogP) is 5.41. The van der Waals surface area contributed by atoms with Gasteiger partial charge in [0.05, 0.1) is 16.4 Å². The zero-order valence-electron chi connectivity index (χ0n) is 20.1. The van der Waals surface area contributed by atoms with Gasteiger partial charge in [0.15, 0.2) is 0 Å². The van der Waals surface area contributed by atoms with E-state index < -0.39 is 26.5 Å². The zero-order chi connectivity index (χ0) is 26.7. The number of fused-ring (bicyclic) bond motifs is 1. The number of carbonyl (C=O) groups excluding carboxylic acids is 1. The van der Waals surface area contributed by atoms with Crippen LogP contribution < -0.4 is 9.46 Å². The predicted molar refractivity (Wildman–Crippen MR) is 141 cm³/mol. The topological polar surface area (TPSA) is 121 Å². The van der Waals surface area contributed by atoms with Gasteiger partial charge >= 0.3 is 0 Å². The van der Waals surface area contributed by atoms with Crippen LogP contribution in [0.25, 0.3) is 10.9 Å². The number of non-ortho nitro benzene ring substituents is 1. The van der Waals surface area contributed by atoms with Crippen molar-refractivity contribution in [2.45, 2.75) is 31.7 Å². The van der Waals surface area contributed by atoms with Crippen molar-refractivity contribution in [3.63, 3.8) is 0 Å². The first-order chi connectivity index (χ1) is 17.6. The summed E-state index contributed by atoms with van der Waals surface area (Å²) in [5, 5.41) is 12.5. The molecule has 9 nitrogen and oxygen atoms in total. The van der Waals surface area contributed by atoms with Crippen molar-refractivity contribution in [1.29, 1.82) is 0 Å². The molecular formula is C26H24ClN3O6S. The molecule has 0 aliphatic rings. The molecule has 1 aromatic heterocycles. The van der Waals surface area contributed by atoms with Gasteiger partial charge in [-0.25, -0.2) is 13.1 Å². The fourth-order valence-electron chi connectivity index (χ4n) is 4.04. The number of nitro groups is 1. The van der Waals surface area contributed by atoms with Gasteiger partial charge in [-0.05, 0) is 61.7 Å². The molecule has 0 atom stereocenters. The second-order valence-electron chi connectivity index (χ2n) is 8.50. The van der Waals surface area contributed by atoms with Crippen LogP contribution in [0.15, 0.2) is 71.6 Å². The largest absolute Gasteiger partial charge is 0.494 e. The highest BCUT2D eigenvalue weighted by molar-refractivity contribution is 7.90. The van der Waals surface area contributed by atoms with E-state index in [0.29, 0.717) is 30.3 Å². The van der Waals surface area contributed by atoms with Gasteiger partial charge in [-0.3, -0.25) is 14.9 Å². The van der Waals surface area contributed by atoms with Crippen LogP contribution in [0.5, 0.6) is 5.75 Å². The molecule has 3 aromatic carbocycles. The maximum Gasteiger partial charge on any atom is 0.281 e. The molecule has 192 valence electrons. The van der Waals surface area contributed by atoms with Gasteiger partial charge in [0, 0.05) is 34.6 Å². The molecule has 4 aromatic rings. The smallest absolute Gasteiger partial charge is 0.281 e. The van der Waals surface area contributed by atoms with Crippen LogP contribution in [-0.2, 0) is 16.6 Å². The molecule has 0 spiro atoms. The Morgan fingerprint density at radius 3 is 2.46 bits per heavy atom. The minimum Gasteiger partial charge on any atom is -0.494 e. The van der Waals surface area contributed by atoms with Crippen LogP contribution in [-0.4, -0.2) is 30.4 Å². The van der Waals surface area contributed by atoms with Crippen molar-refractivity contribution in [2.24, 2.45) is 0 Å². The van der Waals surface area contributed by atoms with E-state index in [4.69, 9.17) is 16.3 Å². The van der Waals surface area contributed by atoms with Gasteiger partial charge in [0.25, 0.3) is 21.6 Å². The van der Waals surface area contributed by atoms with Crippen molar-refractivity contribution in [2.75, 3.05) is 6.61 Å². The zero-order valence-corrected chi connectivity index (χ0v) is 21.7. The molecule has 37 heavy (non-hydrogen) atoms. The number of carbonyl (C=O) groups is 1. The Morgan fingerprint density at radius 1 is 1.05 bits per heavy atom. The Morgan fingerprint density at radius 2 is 1.76 bits per heavy atom. The summed E-state index contributed by atoms with van der Waals surface area (Å²) in [7, 11) is -4.34. The van der Waals surface area contributed by atoms with Crippen molar-refractivity contribution in [1.82, 2.24) is 9.29 Å². The average Bonchev–Trinajstić information content (AvgIpc) is 3.23. The SMILES string of the molecule is Cc1cc(OCCCn2c(C(=O)NS(=O)(=O)c3cccc([N+](=O)[O-])c3)cc3ccccc32)cc(C)c1Cl. The molecular weight excluding hydrogens is 518 g/mol. The number of hydrogen-bond acceptors (Lipinski definition) is 6. The second-order valence-corrected chi connectivity index (χ2v) is 10.6. The van der Waals surface area contributed by atoms with Crippen molar-refractivity contribution in [3.8, 4) is 5.75 Å². The van der Waals surface area contributed by atoms with E-state index in [1.54, 1.807) is 10.6 Å². The minimum absolute atomic E-state index is 0.147. The van der Waals surface area contributed by atoms with Crippen LogP contribution in [0, 0.1) is 24.0 Å². The maximum atomic E-state index is 13.1. The molecule has 0 aliphatic carbocycles. The van der Waals surface area contributed by atoms with Crippen molar-refractivity contribution >= 4 is 44.1 Å². The number of rotatable bonds is 9. The third-order valence-electron chi connectivity index (χ3n) is 5.81. The van der Waals surface area contributed by atoms with Crippen LogP contribution in [0.4, 0.5) is 5.69 Å². The Kier molecular flexibility index (Phi) is 7.51. The Hall–Kier alpha value is -3.89. The number of nitro benzene ring substituents is 1. The number of para-hydroxylation sites is 1. The number of ether oxygens (including phenoxy) is 1. The van der Waals surface area contributed by atoms with E-state index in [0.717, 1.165) is 28.1 Å². The first-order valence-corrected chi connectivity index (χ1v) is 13.2. The number of halogens is 1. The highest BCUT2D eigenvalue weighted by Crippen LogP contribution is 2.26. The van der Waals surface area contributed by atoms with Gasteiger partial charge < -0.3 is 9.30 Å². The van der Waals surface area contributed by atoms with Crippen molar-refractivity contribution in [3.05, 3.63) is 98.7 Å². The van der Waals surface area contributed by atoms with Gasteiger partial charge in [-0.1, -0.05) is 35.9 Å². The molecule has 11 heteroatoms. The maximum absolute atomic E-state index is 13.1. The van der Waals surface area contributed by atoms with E-state index in [-0.39, 0.29) is 10.6 Å². The first kappa shape index (κ1) is 26.2. The van der Waals surface area contributed by atoms with E-state index in [9.17, 15) is 23.3 Å². The van der Waals surface area contributed by atoms with E-state index in [1.165, 1.54) is 18.2 Å². The summed E-state index contributed by atoms with van der Waals surface area (Å²) in [4.78, 5) is 23.1. The molecule has 1 amide bonds. The summed E-state index contributed by atoms with van der Waals surface area (Å²) in [6.45, 7) is 4.56. The van der Waals surface area contributed by atoms with Gasteiger partial charge in [0.2, 0.25) is 0 Å². The second kappa shape index (κ2) is 10.6. The number of hydrogen-bond donors (Lipinski definition) is 1. The number of nitrogens with zero attached hydrogens (tertiary/aromatic N) is 2. The molecule has 0 bridgehead atoms. The van der Waals surface area contributed by atoms with Crippen LogP contribution in [0.3, 0.4) is 0 Å². The Labute approximate surface area is 218 Å². The van der Waals surface area contributed by atoms with Crippen LogP contribution >= 0.6 is 11.6 Å². The van der Waals surface area contributed by atoms with E-state index in [2.05, 4.69) is 0 Å². The first-order valence-electron chi connectivity index (χ1n) is 11.4. The summed E-state index contributed by atoms with van der Waals surface area (Å²) >= 11 is 6.22. The van der Waals surface area contributed by atoms with E-state index in [1.807, 2.05) is 55.0 Å². The summed E-state index contributed by atoms with van der Waals surface area (Å²) in [5.41, 5.74) is 2.34. The van der Waals surface area contributed by atoms with Gasteiger partial charge in [0.1, 0.15) is 11.4 Å². The monoisotopic (exact) mass is 541 g/mol. The third-order valence-corrected chi connectivity index (χ3v) is 7.74.